The van der Waals surface area contributed by atoms with Crippen molar-refractivity contribution in [3.05, 3.63) is 57.4 Å². The number of halogens is 1. The van der Waals surface area contributed by atoms with E-state index in [1.807, 2.05) is 0 Å². The van der Waals surface area contributed by atoms with Crippen LogP contribution >= 0.6 is 11.6 Å². The molecule has 0 amide bonds. The van der Waals surface area contributed by atoms with Gasteiger partial charge in [-0.1, -0.05) is 11.6 Å². The van der Waals surface area contributed by atoms with Gasteiger partial charge in [-0.2, -0.15) is 14.8 Å². The number of nitrogens with zero attached hydrogens (tertiary/aromatic N) is 6. The second-order valence-electron chi connectivity index (χ2n) is 5.61. The summed E-state index contributed by atoms with van der Waals surface area (Å²) in [6, 6.07) is 4.03. The molecule has 13 heteroatoms. The summed E-state index contributed by atoms with van der Waals surface area (Å²) in [6.45, 7) is 3.22. The van der Waals surface area contributed by atoms with Crippen molar-refractivity contribution in [3.63, 3.8) is 0 Å². The van der Waals surface area contributed by atoms with Crippen LogP contribution in [-0.2, 0) is 9.47 Å². The maximum atomic E-state index is 12.4. The molecule has 0 unspecified atom stereocenters. The Balaban J connectivity index is 2.27. The highest BCUT2D eigenvalue weighted by Crippen LogP contribution is 2.32. The number of esters is 2. The summed E-state index contributed by atoms with van der Waals surface area (Å²) in [7, 11) is 0. The topological polar surface area (TPSA) is 144 Å². The SMILES string of the molecule is CCOC(=O)c1nc(C(=O)OCC)n(-c2cc(-n3cccn3)c(Cl)cc2[N+](=O)[O-])n1. The van der Waals surface area contributed by atoms with E-state index < -0.39 is 34.2 Å². The molecule has 12 nitrogen and oxygen atoms in total. The third kappa shape index (κ3) is 3.98. The Kier molecular flexibility index (Phi) is 6.06. The number of carbonyl (C=O) groups excluding carboxylic acids is 2. The highest BCUT2D eigenvalue weighted by Gasteiger charge is 2.29. The molecule has 156 valence electrons. The molecular formula is C17H15ClN6O6. The Labute approximate surface area is 174 Å². The number of benzene rings is 1. The van der Waals surface area contributed by atoms with Gasteiger partial charge in [0, 0.05) is 18.5 Å². The van der Waals surface area contributed by atoms with E-state index in [0.29, 0.717) is 0 Å². The molecule has 0 aliphatic carbocycles. The predicted octanol–water partition coefficient (Wildman–Crippen LogP) is 2.37. The van der Waals surface area contributed by atoms with E-state index in [4.69, 9.17) is 21.1 Å². The normalized spacial score (nSPS) is 10.6. The Morgan fingerprint density at radius 3 is 2.47 bits per heavy atom. The van der Waals surface area contributed by atoms with Crippen LogP contribution in [-0.4, -0.2) is 54.6 Å². The minimum absolute atomic E-state index is 0.0156. The van der Waals surface area contributed by atoms with Crippen molar-refractivity contribution in [2.24, 2.45) is 0 Å². The molecule has 0 saturated carbocycles. The molecule has 0 aliphatic rings. The number of carbonyl (C=O) groups is 2. The first-order valence-electron chi connectivity index (χ1n) is 8.67. The lowest BCUT2D eigenvalue weighted by Gasteiger charge is -2.10. The molecule has 0 fully saturated rings. The summed E-state index contributed by atoms with van der Waals surface area (Å²) < 4.78 is 12.0. The highest BCUT2D eigenvalue weighted by molar-refractivity contribution is 6.32. The number of aromatic nitrogens is 5. The molecule has 0 N–H and O–H groups in total. The number of hydrogen-bond donors (Lipinski definition) is 0. The highest BCUT2D eigenvalue weighted by atomic mass is 35.5. The van der Waals surface area contributed by atoms with E-state index >= 15 is 0 Å². The Morgan fingerprint density at radius 1 is 1.17 bits per heavy atom. The van der Waals surface area contributed by atoms with Crippen LogP contribution in [0.2, 0.25) is 5.02 Å². The van der Waals surface area contributed by atoms with Crippen LogP contribution in [0.25, 0.3) is 11.4 Å². The number of hydrogen-bond acceptors (Lipinski definition) is 9. The number of ether oxygens (including phenoxy) is 2. The molecule has 0 aliphatic heterocycles. The van der Waals surface area contributed by atoms with Crippen molar-refractivity contribution in [1.29, 1.82) is 0 Å². The summed E-state index contributed by atoms with van der Waals surface area (Å²) in [4.78, 5) is 39.3. The van der Waals surface area contributed by atoms with Gasteiger partial charge in [-0.25, -0.2) is 14.3 Å². The lowest BCUT2D eigenvalue weighted by molar-refractivity contribution is -0.384. The predicted molar refractivity (Wildman–Crippen MR) is 102 cm³/mol. The van der Waals surface area contributed by atoms with Crippen LogP contribution in [0, 0.1) is 10.1 Å². The van der Waals surface area contributed by atoms with Crippen LogP contribution in [0.5, 0.6) is 0 Å². The molecule has 3 aromatic rings. The van der Waals surface area contributed by atoms with Gasteiger partial charge >= 0.3 is 11.9 Å². The van der Waals surface area contributed by atoms with Crippen LogP contribution < -0.4 is 0 Å². The molecule has 2 aromatic heterocycles. The van der Waals surface area contributed by atoms with Crippen LogP contribution in [0.3, 0.4) is 0 Å². The third-order valence-corrected chi connectivity index (χ3v) is 4.05. The second-order valence-corrected chi connectivity index (χ2v) is 6.02. The van der Waals surface area contributed by atoms with E-state index in [2.05, 4.69) is 15.2 Å². The number of nitro groups is 1. The van der Waals surface area contributed by atoms with Gasteiger partial charge in [0.15, 0.2) is 0 Å². The molecule has 2 heterocycles. The fourth-order valence-electron chi connectivity index (χ4n) is 2.53. The summed E-state index contributed by atoms with van der Waals surface area (Å²) >= 11 is 6.20. The summed E-state index contributed by atoms with van der Waals surface area (Å²) in [6.07, 6.45) is 3.07. The van der Waals surface area contributed by atoms with Gasteiger partial charge in [0.1, 0.15) is 5.69 Å². The molecule has 0 spiro atoms. The molecule has 0 radical (unpaired) electrons. The van der Waals surface area contributed by atoms with E-state index in [9.17, 15) is 19.7 Å². The third-order valence-electron chi connectivity index (χ3n) is 3.74. The first-order valence-corrected chi connectivity index (χ1v) is 9.04. The molecule has 0 bridgehead atoms. The Morgan fingerprint density at radius 2 is 1.87 bits per heavy atom. The average molecular weight is 435 g/mol. The van der Waals surface area contributed by atoms with Crippen molar-refractivity contribution < 1.29 is 24.0 Å². The van der Waals surface area contributed by atoms with Crippen LogP contribution in [0.4, 0.5) is 5.69 Å². The van der Waals surface area contributed by atoms with Gasteiger partial charge in [-0.3, -0.25) is 10.1 Å². The Bertz CT molecular complexity index is 1110. The molecule has 3 rings (SSSR count). The quantitative estimate of drug-likeness (QED) is 0.310. The largest absolute Gasteiger partial charge is 0.460 e. The first kappa shape index (κ1) is 20.9. The maximum absolute atomic E-state index is 12.4. The first-order chi connectivity index (χ1) is 14.4. The number of rotatable bonds is 7. The molecule has 0 atom stereocenters. The molecule has 1 aromatic carbocycles. The van der Waals surface area contributed by atoms with Crippen molar-refractivity contribution in [2.45, 2.75) is 13.8 Å². The van der Waals surface area contributed by atoms with Gasteiger partial charge in [0.05, 0.1) is 28.8 Å². The molecule has 0 saturated heterocycles. The lowest BCUT2D eigenvalue weighted by Crippen LogP contribution is -2.15. The van der Waals surface area contributed by atoms with Gasteiger partial charge in [-0.05, 0) is 26.0 Å². The van der Waals surface area contributed by atoms with Gasteiger partial charge in [-0.15, -0.1) is 5.10 Å². The summed E-state index contributed by atoms with van der Waals surface area (Å²) in [5.74, 6) is -2.71. The zero-order valence-electron chi connectivity index (χ0n) is 15.8. The fraction of sp³-hybridized carbons (Fsp3) is 0.235. The monoisotopic (exact) mass is 434 g/mol. The minimum atomic E-state index is -0.926. The zero-order valence-corrected chi connectivity index (χ0v) is 16.6. The lowest BCUT2D eigenvalue weighted by atomic mass is 10.2. The van der Waals surface area contributed by atoms with Crippen molar-refractivity contribution in [2.75, 3.05) is 13.2 Å². The smallest absolute Gasteiger partial charge is 0.378 e. The summed E-state index contributed by atoms with van der Waals surface area (Å²) in [5, 5.41) is 19.7. The van der Waals surface area contributed by atoms with Crippen LogP contribution in [0.1, 0.15) is 35.1 Å². The van der Waals surface area contributed by atoms with Gasteiger partial charge < -0.3 is 9.47 Å². The minimum Gasteiger partial charge on any atom is -0.460 e. The fourth-order valence-corrected chi connectivity index (χ4v) is 2.78. The standard InChI is InChI=1S/C17H15ClN6O6/c1-3-29-16(25)14-20-15(17(26)30-4-2)23(21-14)12-9-11(22-7-5-6-19-22)10(18)8-13(12)24(27)28/h5-9H,3-4H2,1-2H3. The van der Waals surface area contributed by atoms with E-state index in [1.54, 1.807) is 26.1 Å². The average Bonchev–Trinajstić information content (AvgIpc) is 3.38. The summed E-state index contributed by atoms with van der Waals surface area (Å²) in [5.41, 5.74) is -0.354. The maximum Gasteiger partial charge on any atom is 0.378 e. The molecular weight excluding hydrogens is 420 g/mol. The van der Waals surface area contributed by atoms with Crippen LogP contribution in [0.15, 0.2) is 30.6 Å². The second kappa shape index (κ2) is 8.69. The zero-order chi connectivity index (χ0) is 21.8. The van der Waals surface area contributed by atoms with Crippen molar-refractivity contribution in [3.8, 4) is 11.4 Å². The van der Waals surface area contributed by atoms with E-state index in [1.165, 1.54) is 16.9 Å². The van der Waals surface area contributed by atoms with Gasteiger partial charge in [0.2, 0.25) is 5.82 Å². The van der Waals surface area contributed by atoms with Crippen molar-refractivity contribution in [1.82, 2.24) is 24.5 Å². The van der Waals surface area contributed by atoms with Crippen molar-refractivity contribution >= 4 is 29.2 Å². The number of nitro benzene ring substituents is 1. The Hall–Kier alpha value is -3.80. The van der Waals surface area contributed by atoms with Gasteiger partial charge in [0.25, 0.3) is 11.5 Å². The molecule has 30 heavy (non-hydrogen) atoms. The van der Waals surface area contributed by atoms with E-state index in [-0.39, 0.29) is 29.6 Å². The van der Waals surface area contributed by atoms with E-state index in [0.717, 1.165) is 10.7 Å².